The number of carbonyl (C=O) groups excluding carboxylic acids is 1. The number of nitrogens with two attached hydrogens (primary N) is 1. The van der Waals surface area contributed by atoms with E-state index in [1.807, 2.05) is 55.5 Å². The van der Waals surface area contributed by atoms with Crippen molar-refractivity contribution < 1.29 is 24.9 Å². The van der Waals surface area contributed by atoms with Gasteiger partial charge in [-0.15, -0.1) is 0 Å². The number of aliphatic hydroxyl groups is 2. The lowest BCUT2D eigenvalue weighted by molar-refractivity contribution is -0.138. The van der Waals surface area contributed by atoms with Crippen LogP contribution < -0.4 is 11.3 Å². The number of unbranched alkanes of at least 4 members (excludes halogenated alkanes) is 3. The lowest BCUT2D eigenvalue weighted by Gasteiger charge is -2.38. The standard InChI is InChI=1S/C57H69Br2N9O6/c1-38(29-51(70)66-23-20-57(74,21-24-66)36-67-37-61-53-54(56(67)73)62-63(2)55(53)42-10-8-39(33-60)9-11-42)40-12-14-41(15-13-40)43(30-52(71)72)7-5-3-4-6-22-64-25-27-65(28-26-64)34-46(69)35-68-49-18-16-44(58)31-47(49)48-32-45(59)17-19-50(48)68/h8-19,31-32,37-38,43,46,69,74H,3-7,20-30,33-36,60H2,1-2H3,(H,71,72)/t38-,43?,46-/m1/s1. The molecular formula is C57H69Br2N9O6. The Hall–Kier alpha value is -5.27. The molecule has 17 heteroatoms. The second kappa shape index (κ2) is 23.7. The number of aliphatic carboxylic acids is 1. The molecule has 5 heterocycles. The van der Waals surface area contributed by atoms with Crippen molar-refractivity contribution in [2.45, 2.75) is 108 Å². The number of fused-ring (bicyclic) bond motifs is 4. The van der Waals surface area contributed by atoms with Crippen molar-refractivity contribution in [3.63, 3.8) is 0 Å². The van der Waals surface area contributed by atoms with Crippen LogP contribution in [-0.2, 0) is 36.3 Å². The molecule has 2 saturated heterocycles. The number of rotatable bonds is 21. The molecule has 7 aromatic rings. The highest BCUT2D eigenvalue weighted by molar-refractivity contribution is 9.10. The smallest absolute Gasteiger partial charge is 0.303 e. The van der Waals surface area contributed by atoms with E-state index in [9.17, 15) is 29.7 Å². The van der Waals surface area contributed by atoms with Crippen molar-refractivity contribution in [1.82, 2.24) is 38.6 Å². The predicted molar refractivity (Wildman–Crippen MR) is 298 cm³/mol. The number of piperazine rings is 1. The summed E-state index contributed by atoms with van der Waals surface area (Å²) in [5.74, 6) is -0.917. The molecule has 15 nitrogen and oxygen atoms in total. The number of aliphatic hydroxyl groups excluding tert-OH is 1. The third-order valence-electron chi connectivity index (χ3n) is 15.6. The molecule has 2 aliphatic rings. The van der Waals surface area contributed by atoms with Crippen LogP contribution in [0.1, 0.15) is 93.2 Å². The Balaban J connectivity index is 0.682. The minimum Gasteiger partial charge on any atom is -0.481 e. The third kappa shape index (κ3) is 12.5. The van der Waals surface area contributed by atoms with Crippen LogP contribution in [0.25, 0.3) is 44.1 Å². The highest BCUT2D eigenvalue weighted by Gasteiger charge is 2.35. The molecule has 0 radical (unpaired) electrons. The molecule has 74 heavy (non-hydrogen) atoms. The molecule has 392 valence electrons. The molecule has 0 bridgehead atoms. The quantitative estimate of drug-likeness (QED) is 0.0505. The lowest BCUT2D eigenvalue weighted by atomic mass is 9.87. The fraction of sp³-hybridized carbons (Fsp3) is 0.456. The summed E-state index contributed by atoms with van der Waals surface area (Å²) in [6, 6.07) is 28.6. The Morgan fingerprint density at radius 3 is 2.03 bits per heavy atom. The molecule has 5 N–H and O–H groups in total. The number of aromatic nitrogens is 5. The van der Waals surface area contributed by atoms with Gasteiger partial charge in [0.25, 0.3) is 5.56 Å². The van der Waals surface area contributed by atoms with Gasteiger partial charge in [0, 0.05) is 102 Å². The zero-order valence-electron chi connectivity index (χ0n) is 42.5. The van der Waals surface area contributed by atoms with Gasteiger partial charge in [0.15, 0.2) is 5.52 Å². The van der Waals surface area contributed by atoms with Crippen molar-refractivity contribution in [3.8, 4) is 11.3 Å². The van der Waals surface area contributed by atoms with E-state index in [1.165, 1.54) is 21.7 Å². The second-order valence-corrected chi connectivity index (χ2v) is 22.7. The number of nitrogens with zero attached hydrogens (tertiary/aromatic N) is 8. The van der Waals surface area contributed by atoms with Crippen LogP contribution in [0.5, 0.6) is 0 Å². The Labute approximate surface area is 449 Å². The fourth-order valence-electron chi connectivity index (χ4n) is 11.3. The summed E-state index contributed by atoms with van der Waals surface area (Å²) in [7, 11) is 1.78. The average Bonchev–Trinajstić information content (AvgIpc) is 3.88. The summed E-state index contributed by atoms with van der Waals surface area (Å²) in [4.78, 5) is 50.5. The molecular weight excluding hydrogens is 1070 g/mol. The van der Waals surface area contributed by atoms with E-state index in [0.717, 1.165) is 113 Å². The number of benzene rings is 4. The van der Waals surface area contributed by atoms with Crippen LogP contribution in [0.4, 0.5) is 0 Å². The number of halogens is 2. The minimum atomic E-state index is -1.18. The van der Waals surface area contributed by atoms with Gasteiger partial charge in [-0.3, -0.25) is 28.5 Å². The summed E-state index contributed by atoms with van der Waals surface area (Å²) < 4.78 is 7.40. The van der Waals surface area contributed by atoms with Crippen molar-refractivity contribution >= 4 is 76.6 Å². The first-order chi connectivity index (χ1) is 35.6. The first-order valence-electron chi connectivity index (χ1n) is 26.2. The first-order valence-corrected chi connectivity index (χ1v) is 27.8. The van der Waals surface area contributed by atoms with Gasteiger partial charge < -0.3 is 35.4 Å². The van der Waals surface area contributed by atoms with Gasteiger partial charge in [0.05, 0.1) is 43.2 Å². The highest BCUT2D eigenvalue weighted by Crippen LogP contribution is 2.35. The summed E-state index contributed by atoms with van der Waals surface area (Å²) in [5.41, 5.74) is 11.9. The van der Waals surface area contributed by atoms with E-state index in [0.29, 0.717) is 57.5 Å². The maximum absolute atomic E-state index is 13.6. The van der Waals surface area contributed by atoms with Gasteiger partial charge in [-0.05, 0) is 97.2 Å². The zero-order valence-corrected chi connectivity index (χ0v) is 45.7. The molecule has 2 fully saturated rings. The van der Waals surface area contributed by atoms with Gasteiger partial charge in [-0.1, -0.05) is 107 Å². The van der Waals surface area contributed by atoms with E-state index < -0.39 is 17.7 Å². The van der Waals surface area contributed by atoms with E-state index in [1.54, 1.807) is 16.6 Å². The molecule has 0 aliphatic carbocycles. The van der Waals surface area contributed by atoms with E-state index >= 15 is 0 Å². The van der Waals surface area contributed by atoms with Gasteiger partial charge in [-0.2, -0.15) is 5.10 Å². The molecule has 0 saturated carbocycles. The summed E-state index contributed by atoms with van der Waals surface area (Å²) in [6.07, 6.45) is 7.05. The number of hydrogen-bond acceptors (Lipinski definition) is 10. The number of β-amino-alcohol motifs (C(OH)–C–C–N with tert-alkyl or cyclic N) is 1. The molecule has 1 unspecified atom stereocenters. The zero-order chi connectivity index (χ0) is 52.1. The van der Waals surface area contributed by atoms with Gasteiger partial charge in [0.1, 0.15) is 5.52 Å². The van der Waals surface area contributed by atoms with Crippen molar-refractivity contribution in [2.24, 2.45) is 12.8 Å². The van der Waals surface area contributed by atoms with Crippen LogP contribution >= 0.6 is 31.9 Å². The largest absolute Gasteiger partial charge is 0.481 e. The first kappa shape index (κ1) is 53.6. The molecule has 1 amide bonds. The highest BCUT2D eigenvalue weighted by atomic mass is 79.9. The molecule has 9 rings (SSSR count). The lowest BCUT2D eigenvalue weighted by Crippen LogP contribution is -2.49. The van der Waals surface area contributed by atoms with Gasteiger partial charge in [-0.25, -0.2) is 4.98 Å². The number of aryl methyl sites for hydroxylation is 1. The molecule has 0 spiro atoms. The van der Waals surface area contributed by atoms with Crippen LogP contribution in [0.3, 0.4) is 0 Å². The van der Waals surface area contributed by atoms with Crippen LogP contribution in [0.15, 0.2) is 105 Å². The summed E-state index contributed by atoms with van der Waals surface area (Å²) >= 11 is 7.26. The summed E-state index contributed by atoms with van der Waals surface area (Å²) in [6.45, 7) is 9.33. The van der Waals surface area contributed by atoms with E-state index in [4.69, 9.17) is 5.73 Å². The molecule has 3 atom stereocenters. The number of hydrogen-bond donors (Lipinski definition) is 4. The maximum atomic E-state index is 13.6. The van der Waals surface area contributed by atoms with Gasteiger partial charge >= 0.3 is 5.97 Å². The van der Waals surface area contributed by atoms with Gasteiger partial charge in [0.2, 0.25) is 5.91 Å². The van der Waals surface area contributed by atoms with Crippen molar-refractivity contribution in [2.75, 3.05) is 52.4 Å². The molecule has 3 aromatic heterocycles. The van der Waals surface area contributed by atoms with Crippen LogP contribution in [0.2, 0.25) is 0 Å². The van der Waals surface area contributed by atoms with E-state index in [2.05, 4.69) is 92.7 Å². The topological polar surface area (TPSA) is 188 Å². The Bertz CT molecular complexity index is 3080. The van der Waals surface area contributed by atoms with Crippen molar-refractivity contribution in [1.29, 1.82) is 0 Å². The number of carboxylic acid groups (broad SMARTS) is 1. The monoisotopic (exact) mass is 1130 g/mol. The fourth-order valence-corrected chi connectivity index (χ4v) is 12.0. The minimum absolute atomic E-state index is 0.0143. The third-order valence-corrected chi connectivity index (χ3v) is 16.5. The van der Waals surface area contributed by atoms with E-state index in [-0.39, 0.29) is 41.8 Å². The summed E-state index contributed by atoms with van der Waals surface area (Å²) in [5, 5.41) is 39.6. The second-order valence-electron chi connectivity index (χ2n) is 20.9. The number of piperidine rings is 1. The maximum Gasteiger partial charge on any atom is 0.303 e. The number of carboxylic acids is 1. The van der Waals surface area contributed by atoms with Crippen molar-refractivity contribution in [3.05, 3.63) is 127 Å². The Morgan fingerprint density at radius 2 is 1.39 bits per heavy atom. The SMILES string of the molecule is C[C@H](CC(=O)N1CCC(O)(Cn2cnc3c(-c4ccc(CN)cc4)n(C)nc3c2=O)CC1)c1ccc(C(CCCCCCN2CCN(C[C@@H](O)Cn3c4ccc(Br)cc4c4cc(Br)ccc43)CC2)CC(=O)O)cc1. The molecule has 4 aromatic carbocycles. The molecule has 2 aliphatic heterocycles. The van der Waals surface area contributed by atoms with Crippen LogP contribution in [-0.4, -0.2) is 130 Å². The Kier molecular flexibility index (Phi) is 17.2. The number of likely N-dealkylation sites (tertiary alicyclic amines) is 1. The number of amides is 1. The number of carbonyl (C=O) groups is 2. The Morgan fingerprint density at radius 1 is 0.770 bits per heavy atom. The van der Waals surface area contributed by atoms with Crippen LogP contribution in [0, 0.1) is 0 Å². The average molecular weight is 1140 g/mol. The normalized spacial score (nSPS) is 16.8. The predicted octanol–water partition coefficient (Wildman–Crippen LogP) is 8.62.